The number of nitrogens with zero attached hydrogens (tertiary/aromatic N) is 2. The molecule has 0 saturated heterocycles. The molecule has 0 unspecified atom stereocenters. The van der Waals surface area contributed by atoms with E-state index in [0.29, 0.717) is 35.1 Å². The lowest BCUT2D eigenvalue weighted by Crippen LogP contribution is -2.45. The Labute approximate surface area is 258 Å². The third-order valence-corrected chi connectivity index (χ3v) is 6.54. The Morgan fingerprint density at radius 1 is 1.09 bits per heavy atom. The SMILES string of the molecule is CCOc1cc([C@@H]2NC(=O)NC(C)=C2C(=O)OC)ccc1OC[C@H](O)N/N=C\c1ccc(OCc2ccc([N+](=O)[O-])cc2)cc1. The minimum atomic E-state index is -1.15. The summed E-state index contributed by atoms with van der Waals surface area (Å²) < 4.78 is 22.1. The van der Waals surface area contributed by atoms with Crippen molar-refractivity contribution in [2.45, 2.75) is 32.7 Å². The van der Waals surface area contributed by atoms with Crippen molar-refractivity contribution in [2.24, 2.45) is 5.10 Å². The van der Waals surface area contributed by atoms with Crippen LogP contribution in [0.15, 0.2) is 83.1 Å². The second-order valence-electron chi connectivity index (χ2n) is 9.70. The minimum Gasteiger partial charge on any atom is -0.490 e. The number of urea groups is 1. The number of benzene rings is 3. The molecule has 14 heteroatoms. The lowest BCUT2D eigenvalue weighted by molar-refractivity contribution is -0.384. The molecule has 0 bridgehead atoms. The summed E-state index contributed by atoms with van der Waals surface area (Å²) in [4.78, 5) is 34.9. The van der Waals surface area contributed by atoms with Crippen molar-refractivity contribution in [2.75, 3.05) is 20.3 Å². The van der Waals surface area contributed by atoms with Crippen molar-refractivity contribution in [1.29, 1.82) is 0 Å². The first-order valence-corrected chi connectivity index (χ1v) is 13.9. The molecule has 45 heavy (non-hydrogen) atoms. The van der Waals surface area contributed by atoms with E-state index in [9.17, 15) is 24.8 Å². The number of allylic oxidation sites excluding steroid dienone is 1. The van der Waals surface area contributed by atoms with Crippen LogP contribution in [0.1, 0.15) is 36.6 Å². The van der Waals surface area contributed by atoms with Gasteiger partial charge in [-0.15, -0.1) is 0 Å². The molecular weight excluding hydrogens is 586 g/mol. The zero-order valence-electron chi connectivity index (χ0n) is 24.8. The molecule has 2 amide bonds. The maximum atomic E-state index is 12.4. The smallest absolute Gasteiger partial charge is 0.337 e. The van der Waals surface area contributed by atoms with E-state index < -0.39 is 29.2 Å². The van der Waals surface area contributed by atoms with Gasteiger partial charge in [-0.25, -0.2) is 9.59 Å². The van der Waals surface area contributed by atoms with Crippen LogP contribution in [0, 0.1) is 10.1 Å². The van der Waals surface area contributed by atoms with Crippen molar-refractivity contribution in [3.05, 3.63) is 105 Å². The topological polar surface area (TPSA) is 183 Å². The highest BCUT2D eigenvalue weighted by Gasteiger charge is 2.32. The summed E-state index contributed by atoms with van der Waals surface area (Å²) in [5.74, 6) is 0.729. The van der Waals surface area contributed by atoms with Gasteiger partial charge in [-0.05, 0) is 79.1 Å². The third kappa shape index (κ3) is 8.70. The van der Waals surface area contributed by atoms with E-state index in [1.807, 2.05) is 0 Å². The Bertz CT molecular complexity index is 1570. The Morgan fingerprint density at radius 3 is 2.49 bits per heavy atom. The van der Waals surface area contributed by atoms with Gasteiger partial charge in [-0.2, -0.15) is 5.10 Å². The number of carbonyl (C=O) groups excluding carboxylic acids is 2. The highest BCUT2D eigenvalue weighted by Crippen LogP contribution is 2.35. The van der Waals surface area contributed by atoms with Gasteiger partial charge in [0, 0.05) is 17.8 Å². The molecule has 3 aromatic rings. The average Bonchev–Trinajstić information content (AvgIpc) is 3.03. The number of nitro benzene ring substituents is 1. The number of non-ortho nitro benzene ring substituents is 1. The first-order chi connectivity index (χ1) is 21.7. The predicted molar refractivity (Wildman–Crippen MR) is 163 cm³/mol. The molecule has 0 saturated carbocycles. The van der Waals surface area contributed by atoms with Crippen LogP contribution in [-0.2, 0) is 16.1 Å². The Kier molecular flexibility index (Phi) is 10.9. The largest absolute Gasteiger partial charge is 0.490 e. The number of aliphatic hydroxyl groups is 1. The Hall–Kier alpha value is -5.63. The number of hydrazone groups is 1. The molecule has 1 aliphatic heterocycles. The van der Waals surface area contributed by atoms with Gasteiger partial charge in [0.05, 0.1) is 36.5 Å². The van der Waals surface area contributed by atoms with E-state index in [2.05, 4.69) is 21.2 Å². The van der Waals surface area contributed by atoms with Crippen LogP contribution in [0.25, 0.3) is 0 Å². The van der Waals surface area contributed by atoms with Crippen LogP contribution < -0.4 is 30.3 Å². The fourth-order valence-corrected chi connectivity index (χ4v) is 4.35. The van der Waals surface area contributed by atoms with Crippen LogP contribution in [0.4, 0.5) is 10.5 Å². The van der Waals surface area contributed by atoms with E-state index in [1.54, 1.807) is 68.4 Å². The number of nitro groups is 1. The van der Waals surface area contributed by atoms with Gasteiger partial charge in [0.15, 0.2) is 17.7 Å². The first-order valence-electron chi connectivity index (χ1n) is 13.9. The number of nitrogens with one attached hydrogen (secondary N) is 3. The van der Waals surface area contributed by atoms with Crippen molar-refractivity contribution >= 4 is 23.9 Å². The summed E-state index contributed by atoms with van der Waals surface area (Å²) >= 11 is 0. The summed E-state index contributed by atoms with van der Waals surface area (Å²) in [5, 5.41) is 30.5. The van der Waals surface area contributed by atoms with Crippen molar-refractivity contribution in [3.8, 4) is 17.2 Å². The van der Waals surface area contributed by atoms with Crippen LogP contribution in [0.3, 0.4) is 0 Å². The van der Waals surface area contributed by atoms with E-state index in [4.69, 9.17) is 18.9 Å². The quantitative estimate of drug-likeness (QED) is 0.0683. The van der Waals surface area contributed by atoms with E-state index in [1.165, 1.54) is 25.5 Å². The van der Waals surface area contributed by atoms with Crippen molar-refractivity contribution < 1.29 is 38.6 Å². The van der Waals surface area contributed by atoms with Gasteiger partial charge < -0.3 is 34.7 Å². The molecule has 0 spiro atoms. The molecule has 3 aromatic carbocycles. The molecule has 1 heterocycles. The number of amides is 2. The number of methoxy groups -OCH3 is 1. The second kappa shape index (κ2) is 15.2. The maximum absolute atomic E-state index is 12.4. The molecule has 0 fully saturated rings. The van der Waals surface area contributed by atoms with Gasteiger partial charge in [0.1, 0.15) is 19.0 Å². The molecule has 0 aromatic heterocycles. The second-order valence-corrected chi connectivity index (χ2v) is 9.70. The highest BCUT2D eigenvalue weighted by molar-refractivity contribution is 5.95. The first kappa shape index (κ1) is 32.3. The minimum absolute atomic E-state index is 0.0201. The molecule has 0 radical (unpaired) electrons. The van der Waals surface area contributed by atoms with Crippen LogP contribution in [-0.4, -0.2) is 54.8 Å². The fraction of sp³-hybridized carbons (Fsp3) is 0.258. The number of carbonyl (C=O) groups is 2. The average molecular weight is 620 g/mol. The van der Waals surface area contributed by atoms with Gasteiger partial charge in [-0.1, -0.05) is 6.07 Å². The van der Waals surface area contributed by atoms with E-state index in [0.717, 1.165) is 11.1 Å². The molecule has 4 rings (SSSR count). The van der Waals surface area contributed by atoms with E-state index >= 15 is 0 Å². The molecule has 2 atom stereocenters. The van der Waals surface area contributed by atoms with Gasteiger partial charge in [0.2, 0.25) is 0 Å². The zero-order chi connectivity index (χ0) is 32.3. The summed E-state index contributed by atoms with van der Waals surface area (Å²) in [5.41, 5.74) is 5.37. The molecule has 0 aliphatic carbocycles. The van der Waals surface area contributed by atoms with Crippen LogP contribution >= 0.6 is 0 Å². The van der Waals surface area contributed by atoms with Gasteiger partial charge >= 0.3 is 12.0 Å². The van der Waals surface area contributed by atoms with E-state index in [-0.39, 0.29) is 24.5 Å². The summed E-state index contributed by atoms with van der Waals surface area (Å²) in [6.07, 6.45) is 0.366. The molecule has 236 valence electrons. The number of hydrogen-bond acceptors (Lipinski definition) is 11. The predicted octanol–water partition coefficient (Wildman–Crippen LogP) is 3.69. The summed E-state index contributed by atoms with van der Waals surface area (Å²) in [6, 6.07) is 17.0. The third-order valence-electron chi connectivity index (χ3n) is 6.54. The fourth-order valence-electron chi connectivity index (χ4n) is 4.35. The maximum Gasteiger partial charge on any atom is 0.337 e. The lowest BCUT2D eigenvalue weighted by atomic mass is 9.95. The molecule has 4 N–H and O–H groups in total. The zero-order valence-corrected chi connectivity index (χ0v) is 24.8. The Balaban J connectivity index is 1.30. The number of aliphatic hydroxyl groups excluding tert-OH is 1. The van der Waals surface area contributed by atoms with Crippen molar-refractivity contribution in [1.82, 2.24) is 16.1 Å². The lowest BCUT2D eigenvalue weighted by Gasteiger charge is -2.28. The van der Waals surface area contributed by atoms with Gasteiger partial charge in [0.25, 0.3) is 5.69 Å². The van der Waals surface area contributed by atoms with Crippen molar-refractivity contribution in [3.63, 3.8) is 0 Å². The number of esters is 1. The standard InChI is InChI=1S/C31H33N5O9/c1-4-43-26-15-22(29-28(30(38)42-3)19(2)33-31(39)34-29)9-14-25(26)45-18-27(37)35-32-16-20-7-12-24(13-8-20)44-17-21-5-10-23(11-6-21)36(40)41/h5-16,27,29,35,37H,4,17-18H2,1-3H3,(H2,33,34,39)/b32-16-/t27-,29-/m0/s1. The summed E-state index contributed by atoms with van der Waals surface area (Å²) in [6.45, 7) is 3.83. The molecular formula is C31H33N5O9. The monoisotopic (exact) mass is 619 g/mol. The normalized spacial score (nSPS) is 15.1. The molecule has 14 nitrogen and oxygen atoms in total. The number of rotatable bonds is 14. The summed E-state index contributed by atoms with van der Waals surface area (Å²) in [7, 11) is 1.27. The molecule has 1 aliphatic rings. The van der Waals surface area contributed by atoms with Crippen LogP contribution in [0.5, 0.6) is 17.2 Å². The number of ether oxygens (including phenoxy) is 4. The van der Waals surface area contributed by atoms with Crippen LogP contribution in [0.2, 0.25) is 0 Å². The van der Waals surface area contributed by atoms with Gasteiger partial charge in [-0.3, -0.25) is 15.5 Å². The Morgan fingerprint density at radius 2 is 1.82 bits per heavy atom. The number of hydrogen-bond donors (Lipinski definition) is 4. The highest BCUT2D eigenvalue weighted by atomic mass is 16.6.